The smallest absolute Gasteiger partial charge is 0.450 e. The normalized spacial score (nSPS) is 21.6. The van der Waals surface area contributed by atoms with E-state index in [9.17, 15) is 39.6 Å². The van der Waals surface area contributed by atoms with Gasteiger partial charge in [0.05, 0.1) is 6.61 Å². The third-order valence-corrected chi connectivity index (χ3v) is 6.39. The first-order valence-electron chi connectivity index (χ1n) is 8.11. The van der Waals surface area contributed by atoms with Crippen LogP contribution in [0.5, 0.6) is 0 Å². The van der Waals surface area contributed by atoms with E-state index in [1.54, 1.807) is 5.32 Å². The van der Waals surface area contributed by atoms with Gasteiger partial charge in [-0.2, -0.15) is 36.7 Å². The predicted molar refractivity (Wildman–Crippen MR) is 97.6 cm³/mol. The van der Waals surface area contributed by atoms with Crippen molar-refractivity contribution in [2.45, 2.75) is 34.4 Å². The molecule has 1 aromatic rings. The van der Waals surface area contributed by atoms with Crippen molar-refractivity contribution in [1.29, 1.82) is 5.26 Å². The number of aromatic nitrogens is 2. The molecule has 0 saturated heterocycles. The molecule has 0 bridgehead atoms. The molecule has 2 atom stereocenters. The molecule has 0 aromatic carbocycles. The van der Waals surface area contributed by atoms with Crippen LogP contribution in [0.2, 0.25) is 0 Å². The van der Waals surface area contributed by atoms with Gasteiger partial charge in [-0.25, -0.2) is 17.9 Å². The molecule has 2 rings (SSSR count). The highest BCUT2D eigenvalue weighted by atomic mass is 35.5. The number of nitrogens with one attached hydrogen (secondary N) is 1. The zero-order chi connectivity index (χ0) is 24.7. The molecule has 176 valence electrons. The average Bonchev–Trinajstić information content (AvgIpc) is 2.98. The molecule has 0 radical (unpaired) electrons. The number of amides is 1. The molecule has 1 aliphatic rings. The van der Waals surface area contributed by atoms with Crippen molar-refractivity contribution in [3.05, 3.63) is 29.0 Å². The maximum absolute atomic E-state index is 13.8. The summed E-state index contributed by atoms with van der Waals surface area (Å²) in [5, 5.41) is 13.3. The molecule has 8 nitrogen and oxygen atoms in total. The van der Waals surface area contributed by atoms with Gasteiger partial charge >= 0.3 is 17.8 Å². The number of anilines is 1. The zero-order valence-corrected chi connectivity index (χ0v) is 17.8. The standard InChI is InChI=1S/C15H10Cl2F6N4O4S/c1-2-31-12(28)25-11-9(32(29,30)15(21,22)23)8(6-24)26-27(11)10-7(16)4-3-5-13(10,17)14(18,19)20/h3-5,10H,2H2,1H3,(H,25,28). The summed E-state index contributed by atoms with van der Waals surface area (Å²) in [6.07, 6.45) is -4.76. The van der Waals surface area contributed by atoms with E-state index in [0.717, 1.165) is 18.2 Å². The van der Waals surface area contributed by atoms with Gasteiger partial charge in [-0.1, -0.05) is 23.8 Å². The lowest BCUT2D eigenvalue weighted by molar-refractivity contribution is -0.157. The first-order valence-corrected chi connectivity index (χ1v) is 10.3. The first kappa shape index (κ1) is 25.8. The van der Waals surface area contributed by atoms with E-state index in [1.807, 2.05) is 0 Å². The van der Waals surface area contributed by atoms with E-state index in [0.29, 0.717) is 6.08 Å². The van der Waals surface area contributed by atoms with Crippen LogP contribution in [-0.4, -0.2) is 47.5 Å². The maximum atomic E-state index is 13.8. The second-order valence-corrected chi connectivity index (χ2v) is 8.90. The molecule has 2 unspecified atom stereocenters. The van der Waals surface area contributed by atoms with Crippen LogP contribution in [0.1, 0.15) is 18.7 Å². The van der Waals surface area contributed by atoms with E-state index < -0.39 is 60.0 Å². The molecule has 0 fully saturated rings. The zero-order valence-electron chi connectivity index (χ0n) is 15.4. The van der Waals surface area contributed by atoms with Gasteiger partial charge in [0.1, 0.15) is 12.1 Å². The molecule has 1 aromatic heterocycles. The summed E-state index contributed by atoms with van der Waals surface area (Å²) in [7, 11) is -6.40. The monoisotopic (exact) mass is 526 g/mol. The summed E-state index contributed by atoms with van der Waals surface area (Å²) in [4.78, 5) is 6.52. The largest absolute Gasteiger partial charge is 0.502 e. The second-order valence-electron chi connectivity index (χ2n) is 5.96. The Morgan fingerprint density at radius 1 is 1.38 bits per heavy atom. The minimum Gasteiger partial charge on any atom is -0.450 e. The number of rotatable bonds is 4. The minimum atomic E-state index is -6.40. The fourth-order valence-corrected chi connectivity index (χ4v) is 4.28. The van der Waals surface area contributed by atoms with Crippen LogP contribution in [0.15, 0.2) is 28.2 Å². The van der Waals surface area contributed by atoms with Crippen molar-refractivity contribution >= 4 is 45.0 Å². The molecule has 0 aliphatic heterocycles. The predicted octanol–water partition coefficient (Wildman–Crippen LogP) is 4.39. The van der Waals surface area contributed by atoms with E-state index >= 15 is 0 Å². The van der Waals surface area contributed by atoms with E-state index in [1.165, 1.54) is 6.92 Å². The second kappa shape index (κ2) is 8.49. The highest BCUT2D eigenvalue weighted by Crippen LogP contribution is 2.52. The average molecular weight is 527 g/mol. The quantitative estimate of drug-likeness (QED) is 0.459. The lowest BCUT2D eigenvalue weighted by Crippen LogP contribution is -2.47. The minimum absolute atomic E-state index is 0.0169. The Morgan fingerprint density at radius 3 is 2.44 bits per heavy atom. The third kappa shape index (κ3) is 4.26. The molecule has 0 spiro atoms. The Balaban J connectivity index is 2.95. The molecular weight excluding hydrogens is 517 g/mol. The topological polar surface area (TPSA) is 114 Å². The lowest BCUT2D eigenvalue weighted by Gasteiger charge is -2.36. The number of nitrogens with zero attached hydrogens (tertiary/aromatic N) is 3. The van der Waals surface area contributed by atoms with Crippen molar-refractivity contribution in [3.63, 3.8) is 0 Å². The Morgan fingerprint density at radius 2 is 1.97 bits per heavy atom. The van der Waals surface area contributed by atoms with E-state index in [4.69, 9.17) is 28.5 Å². The summed E-state index contributed by atoms with van der Waals surface area (Å²) in [5.41, 5.74) is -7.47. The van der Waals surface area contributed by atoms with Crippen molar-refractivity contribution in [2.24, 2.45) is 0 Å². The van der Waals surface area contributed by atoms with Gasteiger partial charge in [0, 0.05) is 5.03 Å². The van der Waals surface area contributed by atoms with Gasteiger partial charge in [-0.3, -0.25) is 5.32 Å². The Labute approximate surface area is 185 Å². The van der Waals surface area contributed by atoms with Gasteiger partial charge in [-0.05, 0) is 13.0 Å². The number of carbonyl (C=O) groups excluding carboxylic acids is 1. The molecule has 1 aliphatic carbocycles. The van der Waals surface area contributed by atoms with Gasteiger partial charge in [0.25, 0.3) is 9.84 Å². The number of carbonyl (C=O) groups is 1. The fourth-order valence-electron chi connectivity index (χ4n) is 2.63. The molecule has 1 N–H and O–H groups in total. The van der Waals surface area contributed by atoms with Crippen LogP contribution >= 0.6 is 23.2 Å². The SMILES string of the molecule is CCOC(=O)Nc1c(S(=O)(=O)C(F)(F)F)c(C#N)nn1C1C(Cl)=CC=CC1(Cl)C(F)(F)F. The van der Waals surface area contributed by atoms with Crippen molar-refractivity contribution in [2.75, 3.05) is 11.9 Å². The molecule has 1 amide bonds. The summed E-state index contributed by atoms with van der Waals surface area (Å²) in [5.74, 6) is -1.45. The van der Waals surface area contributed by atoms with Crippen molar-refractivity contribution in [1.82, 2.24) is 9.78 Å². The first-order chi connectivity index (χ1) is 14.5. The Kier molecular flexibility index (Phi) is 6.85. The summed E-state index contributed by atoms with van der Waals surface area (Å²) >= 11 is 11.6. The van der Waals surface area contributed by atoms with Crippen LogP contribution in [0.3, 0.4) is 0 Å². The lowest BCUT2D eigenvalue weighted by atomic mass is 9.93. The third-order valence-electron chi connectivity index (χ3n) is 3.97. The molecule has 32 heavy (non-hydrogen) atoms. The number of sulfone groups is 1. The number of nitriles is 1. The number of hydrogen-bond acceptors (Lipinski definition) is 6. The highest BCUT2D eigenvalue weighted by molar-refractivity contribution is 7.92. The number of ether oxygens (including phenoxy) is 1. The summed E-state index contributed by atoms with van der Waals surface area (Å²) in [6.45, 7) is 0.936. The fraction of sp³-hybridized carbons (Fsp3) is 0.400. The summed E-state index contributed by atoms with van der Waals surface area (Å²) in [6, 6.07) is -1.35. The number of allylic oxidation sites excluding steroid dienone is 4. The van der Waals surface area contributed by atoms with Crippen molar-refractivity contribution in [3.8, 4) is 6.07 Å². The molecule has 1 heterocycles. The molecular formula is C15H10Cl2F6N4O4S. The van der Waals surface area contributed by atoms with Gasteiger partial charge < -0.3 is 4.74 Å². The van der Waals surface area contributed by atoms with Gasteiger partial charge in [-0.15, -0.1) is 11.6 Å². The molecule has 0 saturated carbocycles. The molecule has 17 heteroatoms. The van der Waals surface area contributed by atoms with E-state index in [2.05, 4.69) is 9.84 Å². The van der Waals surface area contributed by atoms with Gasteiger partial charge in [0.2, 0.25) is 0 Å². The van der Waals surface area contributed by atoms with Crippen LogP contribution in [0.4, 0.5) is 37.0 Å². The highest BCUT2D eigenvalue weighted by Gasteiger charge is 2.61. The van der Waals surface area contributed by atoms with Crippen LogP contribution in [-0.2, 0) is 14.6 Å². The summed E-state index contributed by atoms with van der Waals surface area (Å²) < 4.78 is 110. The number of hydrogen-bond donors (Lipinski definition) is 1. The number of halogens is 8. The Hall–Kier alpha value is -2.44. The maximum Gasteiger partial charge on any atom is 0.502 e. The van der Waals surface area contributed by atoms with Crippen LogP contribution < -0.4 is 5.32 Å². The van der Waals surface area contributed by atoms with E-state index in [-0.39, 0.29) is 11.3 Å². The van der Waals surface area contributed by atoms with Crippen LogP contribution in [0.25, 0.3) is 0 Å². The van der Waals surface area contributed by atoms with Gasteiger partial charge in [0.15, 0.2) is 21.3 Å². The number of alkyl halides is 7. The van der Waals surface area contributed by atoms with Crippen molar-refractivity contribution < 1.29 is 44.3 Å². The Bertz CT molecular complexity index is 1140. The van der Waals surface area contributed by atoms with Crippen LogP contribution in [0, 0.1) is 11.3 Å².